The molecule has 6 nitrogen and oxygen atoms in total. The van der Waals surface area contributed by atoms with Crippen LogP contribution in [0.25, 0.3) is 0 Å². The number of halogens is 4. The fourth-order valence-corrected chi connectivity index (χ4v) is 3.67. The molecule has 0 aliphatic heterocycles. The minimum Gasteiger partial charge on any atom is -0.496 e. The molecule has 0 aliphatic rings. The van der Waals surface area contributed by atoms with Crippen LogP contribution in [-0.4, -0.2) is 23.9 Å². The van der Waals surface area contributed by atoms with Crippen molar-refractivity contribution >= 4 is 23.2 Å². The van der Waals surface area contributed by atoms with E-state index in [1.807, 2.05) is 18.2 Å². The standard InChI is InChI=1S/C22H19F4N3O3S/c1-32-17-8-3-2-5-14(17)10-28-21(31)16-12-33-19(29-16)11-27-18(30)9-13-6-4-7-15(20(13)23)22(24,25)26/h2-8,12H,9-11H2,1H3,(H,27,30)(H,28,31). The number of ether oxygens (including phenoxy) is 1. The molecule has 3 rings (SSSR count). The van der Waals surface area contributed by atoms with Gasteiger partial charge >= 0.3 is 6.18 Å². The molecule has 1 heterocycles. The van der Waals surface area contributed by atoms with Gasteiger partial charge in [-0.15, -0.1) is 11.3 Å². The number of rotatable bonds is 8. The second-order valence-electron chi connectivity index (χ2n) is 6.85. The van der Waals surface area contributed by atoms with Gasteiger partial charge in [-0.25, -0.2) is 9.37 Å². The number of hydrogen-bond acceptors (Lipinski definition) is 5. The van der Waals surface area contributed by atoms with Crippen LogP contribution in [0.5, 0.6) is 5.75 Å². The highest BCUT2D eigenvalue weighted by Gasteiger charge is 2.34. The van der Waals surface area contributed by atoms with Crippen LogP contribution >= 0.6 is 11.3 Å². The van der Waals surface area contributed by atoms with E-state index in [1.54, 1.807) is 6.07 Å². The number of nitrogens with zero attached hydrogens (tertiary/aromatic N) is 1. The third kappa shape index (κ3) is 6.28. The summed E-state index contributed by atoms with van der Waals surface area (Å²) in [4.78, 5) is 28.6. The molecule has 2 N–H and O–H groups in total. The van der Waals surface area contributed by atoms with Crippen LogP contribution in [0.15, 0.2) is 47.8 Å². The highest BCUT2D eigenvalue weighted by molar-refractivity contribution is 7.09. The van der Waals surface area contributed by atoms with Gasteiger partial charge in [-0.05, 0) is 17.7 Å². The average molecular weight is 481 g/mol. The molecule has 0 fully saturated rings. The summed E-state index contributed by atoms with van der Waals surface area (Å²) in [6, 6.07) is 10.0. The second-order valence-corrected chi connectivity index (χ2v) is 7.79. The molecule has 0 unspecified atom stereocenters. The molecule has 0 spiro atoms. The van der Waals surface area contributed by atoms with Gasteiger partial charge in [-0.1, -0.05) is 30.3 Å². The maximum Gasteiger partial charge on any atom is 0.419 e. The van der Waals surface area contributed by atoms with Crippen LogP contribution in [0.1, 0.15) is 32.2 Å². The van der Waals surface area contributed by atoms with Crippen LogP contribution in [0.2, 0.25) is 0 Å². The van der Waals surface area contributed by atoms with Gasteiger partial charge < -0.3 is 15.4 Å². The average Bonchev–Trinajstić information content (AvgIpc) is 3.26. The molecule has 0 bridgehead atoms. The Morgan fingerprint density at radius 1 is 1.03 bits per heavy atom. The second kappa shape index (κ2) is 10.4. The topological polar surface area (TPSA) is 80.3 Å². The van der Waals surface area contributed by atoms with E-state index in [4.69, 9.17) is 4.74 Å². The van der Waals surface area contributed by atoms with Crippen molar-refractivity contribution in [1.82, 2.24) is 15.6 Å². The number of hydrogen-bond donors (Lipinski definition) is 2. The molecule has 2 amide bonds. The Morgan fingerprint density at radius 2 is 1.76 bits per heavy atom. The van der Waals surface area contributed by atoms with Crippen molar-refractivity contribution in [3.05, 3.63) is 81.1 Å². The fourth-order valence-electron chi connectivity index (χ4n) is 2.96. The number of aromatic nitrogens is 1. The van der Waals surface area contributed by atoms with Crippen molar-refractivity contribution in [2.24, 2.45) is 0 Å². The molecule has 2 aromatic carbocycles. The third-order valence-corrected chi connectivity index (χ3v) is 5.44. The summed E-state index contributed by atoms with van der Waals surface area (Å²) in [7, 11) is 1.53. The number of benzene rings is 2. The summed E-state index contributed by atoms with van der Waals surface area (Å²) < 4.78 is 57.7. The van der Waals surface area contributed by atoms with Crippen molar-refractivity contribution in [2.45, 2.75) is 25.7 Å². The predicted octanol–water partition coefficient (Wildman–Crippen LogP) is 4.10. The number of nitrogens with one attached hydrogen (secondary N) is 2. The highest BCUT2D eigenvalue weighted by atomic mass is 32.1. The van der Waals surface area contributed by atoms with E-state index >= 15 is 0 Å². The smallest absolute Gasteiger partial charge is 0.419 e. The Hall–Kier alpha value is -3.47. The largest absolute Gasteiger partial charge is 0.496 e. The third-order valence-electron chi connectivity index (χ3n) is 4.59. The number of alkyl halides is 3. The van der Waals surface area contributed by atoms with E-state index in [0.717, 1.165) is 29.0 Å². The Bertz CT molecular complexity index is 1150. The molecule has 11 heteroatoms. The maximum atomic E-state index is 14.1. The lowest BCUT2D eigenvalue weighted by molar-refractivity contribution is -0.140. The van der Waals surface area contributed by atoms with Crippen molar-refractivity contribution in [2.75, 3.05) is 7.11 Å². The summed E-state index contributed by atoms with van der Waals surface area (Å²) >= 11 is 1.13. The first-order valence-electron chi connectivity index (χ1n) is 9.64. The van der Waals surface area contributed by atoms with Crippen LogP contribution in [0.4, 0.5) is 17.6 Å². The van der Waals surface area contributed by atoms with Gasteiger partial charge in [0.2, 0.25) is 5.91 Å². The molecule has 0 saturated carbocycles. The summed E-state index contributed by atoms with van der Waals surface area (Å²) in [6.07, 6.45) is -5.41. The zero-order chi connectivity index (χ0) is 24.0. The fraction of sp³-hybridized carbons (Fsp3) is 0.227. The molecule has 33 heavy (non-hydrogen) atoms. The van der Waals surface area contributed by atoms with Gasteiger partial charge in [0.05, 0.1) is 25.6 Å². The molecule has 0 radical (unpaired) electrons. The normalized spacial score (nSPS) is 11.2. The van der Waals surface area contributed by atoms with Gasteiger partial charge in [0, 0.05) is 17.5 Å². The lowest BCUT2D eigenvalue weighted by Gasteiger charge is -2.11. The van der Waals surface area contributed by atoms with E-state index < -0.39 is 35.8 Å². The molecule has 1 aromatic heterocycles. The molecule has 3 aromatic rings. The van der Waals surface area contributed by atoms with Crippen LogP contribution in [0.3, 0.4) is 0 Å². The number of amides is 2. The molecular formula is C22H19F4N3O3S. The minimum atomic E-state index is -4.85. The van der Waals surface area contributed by atoms with Crippen molar-refractivity contribution < 1.29 is 31.9 Å². The number of para-hydroxylation sites is 1. The van der Waals surface area contributed by atoms with Crippen LogP contribution < -0.4 is 15.4 Å². The zero-order valence-corrected chi connectivity index (χ0v) is 18.1. The summed E-state index contributed by atoms with van der Waals surface area (Å²) in [6.45, 7) is 0.179. The van der Waals surface area contributed by atoms with Gasteiger partial charge in [0.25, 0.3) is 5.91 Å². The van der Waals surface area contributed by atoms with Crippen LogP contribution in [0, 0.1) is 5.82 Å². The first-order valence-corrected chi connectivity index (χ1v) is 10.5. The van der Waals surface area contributed by atoms with Gasteiger partial charge in [-0.2, -0.15) is 13.2 Å². The van der Waals surface area contributed by atoms with Crippen molar-refractivity contribution in [3.8, 4) is 5.75 Å². The molecular weight excluding hydrogens is 462 g/mol. The molecule has 0 atom stereocenters. The van der Waals surface area contributed by atoms with Gasteiger partial charge in [-0.3, -0.25) is 9.59 Å². The molecule has 0 aliphatic carbocycles. The summed E-state index contributed by atoms with van der Waals surface area (Å²) in [5.74, 6) is -1.92. The Balaban J connectivity index is 1.54. The van der Waals surface area contributed by atoms with E-state index in [0.29, 0.717) is 16.8 Å². The maximum absolute atomic E-state index is 14.1. The Kier molecular flexibility index (Phi) is 7.64. The Morgan fingerprint density at radius 3 is 2.48 bits per heavy atom. The number of carbonyl (C=O) groups is 2. The van der Waals surface area contributed by atoms with Gasteiger partial charge in [0.15, 0.2) is 0 Å². The van der Waals surface area contributed by atoms with E-state index in [1.165, 1.54) is 12.5 Å². The lowest BCUT2D eigenvalue weighted by Crippen LogP contribution is -2.26. The molecule has 174 valence electrons. The van der Waals surface area contributed by atoms with Gasteiger partial charge in [0.1, 0.15) is 22.3 Å². The number of carbonyl (C=O) groups excluding carboxylic acids is 2. The Labute approximate surface area is 190 Å². The first kappa shape index (κ1) is 24.2. The molecule has 0 saturated heterocycles. The lowest BCUT2D eigenvalue weighted by atomic mass is 10.1. The highest BCUT2D eigenvalue weighted by Crippen LogP contribution is 2.32. The monoisotopic (exact) mass is 481 g/mol. The van der Waals surface area contributed by atoms with Crippen LogP contribution in [-0.2, 0) is 30.5 Å². The number of methoxy groups -OCH3 is 1. The number of thiazole rings is 1. The van der Waals surface area contributed by atoms with Crippen molar-refractivity contribution in [3.63, 3.8) is 0 Å². The first-order chi connectivity index (χ1) is 15.7. The predicted molar refractivity (Wildman–Crippen MR) is 113 cm³/mol. The van der Waals surface area contributed by atoms with E-state index in [-0.39, 0.29) is 24.3 Å². The SMILES string of the molecule is COc1ccccc1CNC(=O)c1csc(CNC(=O)Cc2cccc(C(F)(F)F)c2F)n1. The van der Waals surface area contributed by atoms with Crippen molar-refractivity contribution in [1.29, 1.82) is 0 Å². The van der Waals surface area contributed by atoms with E-state index in [2.05, 4.69) is 15.6 Å². The summed E-state index contributed by atoms with van der Waals surface area (Å²) in [5.41, 5.74) is -0.838. The summed E-state index contributed by atoms with van der Waals surface area (Å²) in [5, 5.41) is 7.13. The zero-order valence-electron chi connectivity index (χ0n) is 17.3. The minimum absolute atomic E-state index is 0.0517. The van der Waals surface area contributed by atoms with E-state index in [9.17, 15) is 27.2 Å². The quantitative estimate of drug-likeness (QED) is 0.475.